The highest BCUT2D eigenvalue weighted by Gasteiger charge is 2.49. The molecule has 2 aromatic carbocycles. The van der Waals surface area contributed by atoms with Crippen molar-refractivity contribution in [3.05, 3.63) is 81.2 Å². The molecular weight excluding hydrogens is 498 g/mol. The standard InChI is InChI=1S/C25H17Cl2FN2O5/c1-13-9-15(26)10-17(27)20(13)22-21(23(35-29-22)25(28)11-34-12-25)24(33)30-8-7-16-14(5-6-19(31)32)3-2-4-18(16)30/h2-10H,11-12H2,1H3,(H,31,32)/b6-5+. The fourth-order valence-corrected chi connectivity index (χ4v) is 4.86. The van der Waals surface area contributed by atoms with E-state index >= 15 is 4.39 Å². The van der Waals surface area contributed by atoms with Gasteiger partial charge in [-0.3, -0.25) is 9.36 Å². The van der Waals surface area contributed by atoms with Crippen LogP contribution in [-0.2, 0) is 15.2 Å². The number of nitrogens with zero attached hydrogens (tertiary/aromatic N) is 2. The number of benzene rings is 2. The van der Waals surface area contributed by atoms with Crippen molar-refractivity contribution in [3.63, 3.8) is 0 Å². The van der Waals surface area contributed by atoms with Gasteiger partial charge < -0.3 is 14.4 Å². The maximum absolute atomic E-state index is 15.5. The lowest BCUT2D eigenvalue weighted by Gasteiger charge is -2.31. The second-order valence-corrected chi connectivity index (χ2v) is 9.06. The molecule has 4 aromatic rings. The smallest absolute Gasteiger partial charge is 0.328 e. The van der Waals surface area contributed by atoms with Crippen LogP contribution in [0.15, 0.2) is 53.2 Å². The minimum atomic E-state index is -2.01. The van der Waals surface area contributed by atoms with Crippen molar-refractivity contribution in [3.8, 4) is 11.3 Å². The summed E-state index contributed by atoms with van der Waals surface area (Å²) in [6.45, 7) is 1.21. The third kappa shape index (κ3) is 3.93. The van der Waals surface area contributed by atoms with Crippen molar-refractivity contribution in [2.24, 2.45) is 0 Å². The summed E-state index contributed by atoms with van der Waals surface area (Å²) in [4.78, 5) is 24.9. The molecule has 0 atom stereocenters. The Hall–Kier alpha value is -3.46. The predicted molar refractivity (Wildman–Crippen MR) is 129 cm³/mol. The molecule has 10 heteroatoms. The van der Waals surface area contributed by atoms with Gasteiger partial charge in [-0.15, -0.1) is 0 Å². The molecule has 0 unspecified atom stereocenters. The average Bonchev–Trinajstić information content (AvgIpc) is 3.40. The van der Waals surface area contributed by atoms with Crippen LogP contribution in [0.4, 0.5) is 4.39 Å². The summed E-state index contributed by atoms with van der Waals surface area (Å²) < 4.78 is 27.3. The number of fused-ring (bicyclic) bond motifs is 1. The zero-order chi connectivity index (χ0) is 24.9. The van der Waals surface area contributed by atoms with Crippen molar-refractivity contribution in [2.75, 3.05) is 13.2 Å². The largest absolute Gasteiger partial charge is 0.478 e. The van der Waals surface area contributed by atoms with E-state index in [1.54, 1.807) is 37.3 Å². The molecule has 0 aliphatic carbocycles. The molecule has 35 heavy (non-hydrogen) atoms. The number of halogens is 3. The summed E-state index contributed by atoms with van der Waals surface area (Å²) in [5.74, 6) is -1.92. The van der Waals surface area contributed by atoms with Crippen molar-refractivity contribution < 1.29 is 28.3 Å². The summed E-state index contributed by atoms with van der Waals surface area (Å²) in [6, 6.07) is 9.98. The molecule has 1 fully saturated rings. The van der Waals surface area contributed by atoms with E-state index in [0.717, 1.165) is 6.08 Å². The van der Waals surface area contributed by atoms with Gasteiger partial charge in [0.15, 0.2) is 5.76 Å². The molecule has 0 spiro atoms. The Morgan fingerprint density at radius 1 is 1.23 bits per heavy atom. The molecule has 0 bridgehead atoms. The molecule has 0 radical (unpaired) electrons. The summed E-state index contributed by atoms with van der Waals surface area (Å²) in [6.07, 6.45) is 3.98. The van der Waals surface area contributed by atoms with Gasteiger partial charge in [-0.2, -0.15) is 0 Å². The Bertz CT molecular complexity index is 1510. The summed E-state index contributed by atoms with van der Waals surface area (Å²) in [7, 11) is 0. The topological polar surface area (TPSA) is 94.6 Å². The Labute approximate surface area is 208 Å². The molecule has 7 nitrogen and oxygen atoms in total. The molecule has 0 amide bonds. The highest BCUT2D eigenvalue weighted by atomic mass is 35.5. The first kappa shape index (κ1) is 23.3. The van der Waals surface area contributed by atoms with Crippen LogP contribution in [0.25, 0.3) is 28.2 Å². The molecular formula is C25H17Cl2FN2O5. The van der Waals surface area contributed by atoms with E-state index in [1.165, 1.54) is 22.9 Å². The molecule has 1 saturated heterocycles. The number of aliphatic carboxylic acids is 1. The zero-order valence-electron chi connectivity index (χ0n) is 18.2. The van der Waals surface area contributed by atoms with E-state index in [9.17, 15) is 9.59 Å². The quantitative estimate of drug-likeness (QED) is 0.333. The van der Waals surface area contributed by atoms with Crippen molar-refractivity contribution in [1.82, 2.24) is 9.72 Å². The van der Waals surface area contributed by atoms with E-state index in [4.69, 9.17) is 37.6 Å². The van der Waals surface area contributed by atoms with E-state index in [0.29, 0.717) is 32.6 Å². The number of carbonyl (C=O) groups excluding carboxylic acids is 1. The second-order valence-electron chi connectivity index (χ2n) is 8.22. The van der Waals surface area contributed by atoms with Gasteiger partial charge in [-0.25, -0.2) is 9.18 Å². The number of ether oxygens (including phenoxy) is 1. The van der Waals surface area contributed by atoms with Crippen molar-refractivity contribution in [1.29, 1.82) is 0 Å². The molecule has 2 aromatic heterocycles. The first-order valence-electron chi connectivity index (χ1n) is 10.5. The summed E-state index contributed by atoms with van der Waals surface area (Å²) in [5.41, 5.74) is 0.142. The molecule has 0 saturated carbocycles. The number of aryl methyl sites for hydroxylation is 1. The predicted octanol–water partition coefficient (Wildman–Crippen LogP) is 5.89. The third-order valence-corrected chi connectivity index (χ3v) is 6.37. The Morgan fingerprint density at radius 2 is 2.00 bits per heavy atom. The van der Waals surface area contributed by atoms with Crippen LogP contribution >= 0.6 is 23.2 Å². The highest BCUT2D eigenvalue weighted by molar-refractivity contribution is 6.36. The Morgan fingerprint density at radius 3 is 2.66 bits per heavy atom. The Kier molecular flexibility index (Phi) is 5.75. The first-order valence-corrected chi connectivity index (χ1v) is 11.2. The number of carboxylic acids is 1. The van der Waals surface area contributed by atoms with Crippen LogP contribution in [0.3, 0.4) is 0 Å². The molecule has 5 rings (SSSR count). The number of hydrogen-bond donors (Lipinski definition) is 1. The van der Waals surface area contributed by atoms with Gasteiger partial charge in [-0.1, -0.05) is 40.5 Å². The number of aromatic nitrogens is 2. The van der Waals surface area contributed by atoms with Crippen LogP contribution < -0.4 is 0 Å². The summed E-state index contributed by atoms with van der Waals surface area (Å²) in [5, 5.41) is 14.3. The summed E-state index contributed by atoms with van der Waals surface area (Å²) >= 11 is 12.6. The lowest BCUT2D eigenvalue weighted by atomic mass is 9.93. The van der Waals surface area contributed by atoms with Gasteiger partial charge in [0.1, 0.15) is 11.3 Å². The number of carboxylic acid groups (broad SMARTS) is 1. The molecule has 1 aliphatic heterocycles. The lowest BCUT2D eigenvalue weighted by Crippen LogP contribution is -2.43. The van der Waals surface area contributed by atoms with Gasteiger partial charge in [-0.05, 0) is 48.4 Å². The van der Waals surface area contributed by atoms with E-state index in [-0.39, 0.29) is 35.3 Å². The van der Waals surface area contributed by atoms with E-state index in [1.807, 2.05) is 0 Å². The van der Waals surface area contributed by atoms with E-state index < -0.39 is 17.5 Å². The highest BCUT2D eigenvalue weighted by Crippen LogP contribution is 2.43. The SMILES string of the molecule is Cc1cc(Cl)cc(Cl)c1-c1noc(C2(F)COC2)c1C(=O)n1ccc2c(/C=C/C(=O)O)cccc21. The van der Waals surface area contributed by atoms with E-state index in [2.05, 4.69) is 5.16 Å². The molecule has 1 N–H and O–H groups in total. The van der Waals surface area contributed by atoms with Gasteiger partial charge >= 0.3 is 5.97 Å². The second kappa shape index (κ2) is 8.64. The van der Waals surface area contributed by atoms with Crippen molar-refractivity contribution in [2.45, 2.75) is 12.6 Å². The van der Waals surface area contributed by atoms with Gasteiger partial charge in [0, 0.05) is 28.2 Å². The first-order chi connectivity index (χ1) is 16.7. The number of alkyl halides is 1. The fraction of sp³-hybridized carbons (Fsp3) is 0.160. The molecule has 1 aliphatic rings. The third-order valence-electron chi connectivity index (χ3n) is 5.85. The van der Waals surface area contributed by atoms with Gasteiger partial charge in [0.05, 0.1) is 23.8 Å². The zero-order valence-corrected chi connectivity index (χ0v) is 19.7. The van der Waals surface area contributed by atoms with Gasteiger partial charge in [0.2, 0.25) is 5.67 Å². The molecule has 3 heterocycles. The van der Waals surface area contributed by atoms with Gasteiger partial charge in [0.25, 0.3) is 5.91 Å². The maximum atomic E-state index is 15.5. The number of carbonyl (C=O) groups is 2. The molecule has 178 valence electrons. The fourth-order valence-electron chi connectivity index (χ4n) is 4.17. The average molecular weight is 515 g/mol. The van der Waals surface area contributed by atoms with Crippen molar-refractivity contribution >= 4 is 52.1 Å². The van der Waals surface area contributed by atoms with Crippen LogP contribution in [0, 0.1) is 6.92 Å². The number of hydrogen-bond acceptors (Lipinski definition) is 5. The van der Waals surface area contributed by atoms with Crippen LogP contribution in [-0.4, -0.2) is 39.9 Å². The monoisotopic (exact) mass is 514 g/mol. The van der Waals surface area contributed by atoms with Crippen LogP contribution in [0.2, 0.25) is 10.0 Å². The Balaban J connectivity index is 1.71. The van der Waals surface area contributed by atoms with Crippen LogP contribution in [0.1, 0.15) is 27.2 Å². The maximum Gasteiger partial charge on any atom is 0.328 e. The number of rotatable bonds is 5. The normalized spacial score (nSPS) is 15.0. The van der Waals surface area contributed by atoms with Crippen LogP contribution in [0.5, 0.6) is 0 Å². The minimum absolute atomic E-state index is 0.0768. The lowest BCUT2D eigenvalue weighted by molar-refractivity contribution is -0.147. The minimum Gasteiger partial charge on any atom is -0.478 e.